The topological polar surface area (TPSA) is 27.0 Å². The Morgan fingerprint density at radius 1 is 1.58 bits per heavy atom. The third-order valence-electron chi connectivity index (χ3n) is 1.95. The van der Waals surface area contributed by atoms with Gasteiger partial charge in [-0.1, -0.05) is 0 Å². The Balaban J connectivity index is 2.87. The molecule has 0 saturated heterocycles. The summed E-state index contributed by atoms with van der Waals surface area (Å²) in [7, 11) is 1.94. The Hall–Kier alpha value is -1.01. The van der Waals surface area contributed by atoms with Crippen LogP contribution in [0.2, 0.25) is 0 Å². The number of nitriles is 1. The van der Waals surface area contributed by atoms with E-state index in [1.165, 1.54) is 0 Å². The minimum atomic E-state index is -0.426. The van der Waals surface area contributed by atoms with Crippen LogP contribution in [0.5, 0.6) is 0 Å². The molecule has 0 bridgehead atoms. The fraction of sp³-hybridized carbons (Fsp3) is 0.444. The van der Waals surface area contributed by atoms with Gasteiger partial charge in [0.1, 0.15) is 5.54 Å². The molecule has 0 radical (unpaired) electrons. The van der Waals surface area contributed by atoms with Gasteiger partial charge in [0.2, 0.25) is 0 Å². The molecule has 3 heteroatoms. The van der Waals surface area contributed by atoms with E-state index < -0.39 is 5.54 Å². The van der Waals surface area contributed by atoms with E-state index in [0.717, 1.165) is 5.00 Å². The van der Waals surface area contributed by atoms with Crippen LogP contribution < -0.4 is 4.90 Å². The normalized spacial score (nSPS) is 10.8. The molecule has 1 heterocycles. The summed E-state index contributed by atoms with van der Waals surface area (Å²) in [5.41, 5.74) is -0.426. The standard InChI is InChI=1S/C9H12N2S/c1-9(2,7-10)11(3)8-5-4-6-12-8/h4-6H,1-3H3. The molecule has 12 heavy (non-hydrogen) atoms. The summed E-state index contributed by atoms with van der Waals surface area (Å²) in [6.07, 6.45) is 0. The average Bonchev–Trinajstić information content (AvgIpc) is 2.55. The molecule has 2 nitrogen and oxygen atoms in total. The maximum Gasteiger partial charge on any atom is 0.122 e. The first-order valence-corrected chi connectivity index (χ1v) is 4.64. The zero-order valence-electron chi connectivity index (χ0n) is 7.53. The van der Waals surface area contributed by atoms with Gasteiger partial charge in [0.05, 0.1) is 11.1 Å². The first kappa shape index (κ1) is 9.08. The van der Waals surface area contributed by atoms with Gasteiger partial charge in [-0.25, -0.2) is 0 Å². The first-order valence-electron chi connectivity index (χ1n) is 3.76. The van der Waals surface area contributed by atoms with Crippen molar-refractivity contribution >= 4 is 16.3 Å². The molecule has 0 saturated carbocycles. The minimum absolute atomic E-state index is 0.426. The lowest BCUT2D eigenvalue weighted by atomic mass is 10.1. The highest BCUT2D eigenvalue weighted by atomic mass is 32.1. The van der Waals surface area contributed by atoms with E-state index in [-0.39, 0.29) is 0 Å². The van der Waals surface area contributed by atoms with Crippen molar-refractivity contribution < 1.29 is 0 Å². The number of nitrogens with zero attached hydrogens (tertiary/aromatic N) is 2. The number of thiophene rings is 1. The van der Waals surface area contributed by atoms with E-state index in [0.29, 0.717) is 0 Å². The largest absolute Gasteiger partial charge is 0.349 e. The van der Waals surface area contributed by atoms with Gasteiger partial charge in [-0.05, 0) is 31.4 Å². The monoisotopic (exact) mass is 180 g/mol. The lowest BCUT2D eigenvalue weighted by Crippen LogP contribution is -2.39. The van der Waals surface area contributed by atoms with Crippen LogP contribution in [0.1, 0.15) is 13.8 Å². The van der Waals surface area contributed by atoms with Gasteiger partial charge in [0, 0.05) is 7.05 Å². The number of anilines is 1. The van der Waals surface area contributed by atoms with Crippen molar-refractivity contribution in [1.29, 1.82) is 5.26 Å². The number of rotatable bonds is 2. The SMILES string of the molecule is CN(c1cccs1)C(C)(C)C#N. The third-order valence-corrected chi connectivity index (χ3v) is 2.89. The second kappa shape index (κ2) is 3.16. The minimum Gasteiger partial charge on any atom is -0.349 e. The molecular weight excluding hydrogens is 168 g/mol. The van der Waals surface area contributed by atoms with Crippen LogP contribution in [-0.4, -0.2) is 12.6 Å². The van der Waals surface area contributed by atoms with Gasteiger partial charge in [-0.2, -0.15) is 5.26 Å². The smallest absolute Gasteiger partial charge is 0.122 e. The summed E-state index contributed by atoms with van der Waals surface area (Å²) >= 11 is 1.65. The van der Waals surface area contributed by atoms with Gasteiger partial charge in [-0.15, -0.1) is 11.3 Å². The Kier molecular flexibility index (Phi) is 2.39. The van der Waals surface area contributed by atoms with E-state index in [1.54, 1.807) is 11.3 Å². The molecule has 0 aliphatic carbocycles. The van der Waals surface area contributed by atoms with E-state index in [1.807, 2.05) is 43.3 Å². The molecule has 1 aromatic rings. The molecular formula is C9H12N2S. The summed E-state index contributed by atoms with van der Waals surface area (Å²) in [5, 5.41) is 12.0. The summed E-state index contributed by atoms with van der Waals surface area (Å²) in [4.78, 5) is 1.98. The number of hydrogen-bond donors (Lipinski definition) is 0. The van der Waals surface area contributed by atoms with Crippen molar-refractivity contribution in [3.05, 3.63) is 17.5 Å². The Labute approximate surface area is 77.0 Å². The average molecular weight is 180 g/mol. The van der Waals surface area contributed by atoms with Crippen molar-refractivity contribution in [3.8, 4) is 6.07 Å². The highest BCUT2D eigenvalue weighted by Gasteiger charge is 2.23. The molecule has 0 aliphatic heterocycles. The van der Waals surface area contributed by atoms with Gasteiger partial charge in [0.25, 0.3) is 0 Å². The van der Waals surface area contributed by atoms with Crippen LogP contribution in [-0.2, 0) is 0 Å². The van der Waals surface area contributed by atoms with Crippen molar-refractivity contribution in [2.45, 2.75) is 19.4 Å². The molecule has 64 valence electrons. The lowest BCUT2D eigenvalue weighted by molar-refractivity contribution is 0.621. The van der Waals surface area contributed by atoms with Gasteiger partial charge in [-0.3, -0.25) is 0 Å². The predicted octanol–water partition coefficient (Wildman–Crippen LogP) is 2.49. The quantitative estimate of drug-likeness (QED) is 0.699. The van der Waals surface area contributed by atoms with E-state index in [2.05, 4.69) is 6.07 Å². The zero-order valence-corrected chi connectivity index (χ0v) is 8.35. The molecule has 0 atom stereocenters. The van der Waals surface area contributed by atoms with Crippen LogP contribution in [0.25, 0.3) is 0 Å². The van der Waals surface area contributed by atoms with Gasteiger partial charge in [0.15, 0.2) is 0 Å². The Morgan fingerprint density at radius 3 is 2.67 bits per heavy atom. The van der Waals surface area contributed by atoms with Crippen molar-refractivity contribution in [1.82, 2.24) is 0 Å². The fourth-order valence-electron chi connectivity index (χ4n) is 0.811. The molecule has 0 aliphatic rings. The molecule has 1 aromatic heterocycles. The highest BCUT2D eigenvalue weighted by molar-refractivity contribution is 7.14. The second-order valence-electron chi connectivity index (χ2n) is 3.18. The van der Waals surface area contributed by atoms with E-state index in [4.69, 9.17) is 5.26 Å². The molecule has 0 spiro atoms. The molecule has 0 unspecified atom stereocenters. The molecule has 1 rings (SSSR count). The maximum absolute atomic E-state index is 8.88. The van der Waals surface area contributed by atoms with Crippen molar-refractivity contribution in [2.75, 3.05) is 11.9 Å². The molecule has 0 aromatic carbocycles. The predicted molar refractivity (Wildman–Crippen MR) is 52.4 cm³/mol. The second-order valence-corrected chi connectivity index (χ2v) is 4.11. The Bertz CT molecular complexity index is 282. The zero-order chi connectivity index (χ0) is 9.19. The van der Waals surface area contributed by atoms with Crippen molar-refractivity contribution in [3.63, 3.8) is 0 Å². The lowest BCUT2D eigenvalue weighted by Gasteiger charge is -2.29. The molecule has 0 fully saturated rings. The van der Waals surface area contributed by atoms with Crippen LogP contribution in [0.3, 0.4) is 0 Å². The summed E-state index contributed by atoms with van der Waals surface area (Å²) < 4.78 is 0. The van der Waals surface area contributed by atoms with Gasteiger partial charge < -0.3 is 4.90 Å². The summed E-state index contributed by atoms with van der Waals surface area (Å²) in [5.74, 6) is 0. The van der Waals surface area contributed by atoms with Crippen LogP contribution in [0, 0.1) is 11.3 Å². The van der Waals surface area contributed by atoms with Gasteiger partial charge >= 0.3 is 0 Å². The number of hydrogen-bond acceptors (Lipinski definition) is 3. The van der Waals surface area contributed by atoms with Crippen LogP contribution in [0.4, 0.5) is 5.00 Å². The fourth-order valence-corrected chi connectivity index (χ4v) is 1.65. The highest BCUT2D eigenvalue weighted by Crippen LogP contribution is 2.26. The molecule has 0 amide bonds. The van der Waals surface area contributed by atoms with E-state index >= 15 is 0 Å². The van der Waals surface area contributed by atoms with E-state index in [9.17, 15) is 0 Å². The van der Waals surface area contributed by atoms with Crippen LogP contribution >= 0.6 is 11.3 Å². The van der Waals surface area contributed by atoms with Crippen LogP contribution in [0.15, 0.2) is 17.5 Å². The first-order chi connectivity index (χ1) is 5.58. The maximum atomic E-state index is 8.88. The van der Waals surface area contributed by atoms with Crippen molar-refractivity contribution in [2.24, 2.45) is 0 Å². The Morgan fingerprint density at radius 2 is 2.25 bits per heavy atom. The molecule has 0 N–H and O–H groups in total. The summed E-state index contributed by atoms with van der Waals surface area (Å²) in [6.45, 7) is 3.82. The third kappa shape index (κ3) is 1.59. The summed E-state index contributed by atoms with van der Waals surface area (Å²) in [6, 6.07) is 6.27.